The first-order chi connectivity index (χ1) is 23.9. The van der Waals surface area contributed by atoms with Crippen molar-refractivity contribution in [1.82, 2.24) is 0 Å². The summed E-state index contributed by atoms with van der Waals surface area (Å²) in [6.45, 7) is 3.52. The minimum Gasteiger partial charge on any atom is -0.274 e. The molecule has 0 aromatic heterocycles. The lowest BCUT2D eigenvalue weighted by Gasteiger charge is -2.62. The Morgan fingerprint density at radius 3 is 1.12 bits per heavy atom. The van der Waals surface area contributed by atoms with Gasteiger partial charge in [-0.25, -0.2) is 9.80 Å². The molecule has 2 heterocycles. The van der Waals surface area contributed by atoms with E-state index in [1.165, 1.54) is 48.5 Å². The molecule has 3 fully saturated rings. The molecule has 4 aromatic carbocycles. The zero-order valence-corrected chi connectivity index (χ0v) is 26.8. The molecule has 2 saturated heterocycles. The zero-order chi connectivity index (χ0) is 35.3. The molecule has 0 N–H and O–H groups in total. The highest BCUT2D eigenvalue weighted by Gasteiger charge is 2.80. The molecule has 0 radical (unpaired) electrons. The summed E-state index contributed by atoms with van der Waals surface area (Å²) in [5, 5.41) is 23.4. The van der Waals surface area contributed by atoms with E-state index in [1.54, 1.807) is 13.8 Å². The highest BCUT2D eigenvalue weighted by molar-refractivity contribution is 6.30. The third-order valence-corrected chi connectivity index (χ3v) is 11.2. The predicted octanol–water partition coefficient (Wildman–Crippen LogP) is 6.07. The largest absolute Gasteiger partial charge is 0.274 e. The number of nitro benzene ring substituents is 2. The molecule has 3 aliphatic carbocycles. The van der Waals surface area contributed by atoms with Gasteiger partial charge in [-0.05, 0) is 34.4 Å². The second-order valence-electron chi connectivity index (χ2n) is 13.5. The molecule has 50 heavy (non-hydrogen) atoms. The number of benzene rings is 4. The van der Waals surface area contributed by atoms with Crippen LogP contribution in [0.15, 0.2) is 109 Å². The number of hydrogen-bond acceptors (Lipinski definition) is 8. The molecular formula is C38H28N4O8. The topological polar surface area (TPSA) is 161 Å². The Balaban J connectivity index is 1.43. The lowest BCUT2D eigenvalue weighted by atomic mass is 9.36. The molecule has 2 bridgehead atoms. The average Bonchev–Trinajstić information content (AvgIpc) is 3.56. The van der Waals surface area contributed by atoms with Crippen LogP contribution in [0.25, 0.3) is 11.1 Å². The first kappa shape index (κ1) is 31.0. The fourth-order valence-electron chi connectivity index (χ4n) is 9.42. The quantitative estimate of drug-likeness (QED) is 0.136. The summed E-state index contributed by atoms with van der Waals surface area (Å²) in [6.07, 6.45) is 0. The van der Waals surface area contributed by atoms with Gasteiger partial charge in [0.05, 0.1) is 44.9 Å². The second kappa shape index (κ2) is 10.6. The Labute approximate surface area is 284 Å². The number of amides is 4. The van der Waals surface area contributed by atoms with Crippen molar-refractivity contribution in [2.45, 2.75) is 13.8 Å². The van der Waals surface area contributed by atoms with Crippen LogP contribution >= 0.6 is 0 Å². The van der Waals surface area contributed by atoms with Gasteiger partial charge in [0.15, 0.2) is 0 Å². The standard InChI is InChI=1S/C38H28N4O8/c1-37-27(21-11-5-3-6-12-21)28(22-13-7-4-8-14-22)38(2,31-29(37)33(43)39(35(31)45)23-15-9-17-25(19-23)41(47)48)32-30(37)34(44)40(36(32)46)24-16-10-18-26(20-24)42(49)50/h3-20,29-32H,1-2H3. The molecule has 4 aromatic rings. The molecule has 2 aliphatic heterocycles. The van der Waals surface area contributed by atoms with Crippen molar-refractivity contribution >= 4 is 57.5 Å². The van der Waals surface area contributed by atoms with Crippen LogP contribution in [0.4, 0.5) is 22.7 Å². The van der Waals surface area contributed by atoms with Gasteiger partial charge in [-0.3, -0.25) is 39.4 Å². The van der Waals surface area contributed by atoms with Gasteiger partial charge in [0.2, 0.25) is 23.6 Å². The van der Waals surface area contributed by atoms with Crippen molar-refractivity contribution in [2.24, 2.45) is 34.5 Å². The smallest absolute Gasteiger partial charge is 0.271 e. The summed E-state index contributed by atoms with van der Waals surface area (Å²) in [5.74, 6) is -7.03. The van der Waals surface area contributed by atoms with Crippen molar-refractivity contribution < 1.29 is 29.0 Å². The van der Waals surface area contributed by atoms with E-state index >= 15 is 0 Å². The third-order valence-electron chi connectivity index (χ3n) is 11.2. The van der Waals surface area contributed by atoms with E-state index < -0.39 is 68.0 Å². The zero-order valence-electron chi connectivity index (χ0n) is 26.8. The van der Waals surface area contributed by atoms with Crippen LogP contribution in [0, 0.1) is 54.7 Å². The fraction of sp³-hybridized carbons (Fsp3) is 0.211. The summed E-state index contributed by atoms with van der Waals surface area (Å²) in [6, 6.07) is 29.1. The number of carbonyl (C=O) groups excluding carboxylic acids is 4. The number of anilines is 2. The van der Waals surface area contributed by atoms with E-state index in [1.807, 2.05) is 60.7 Å². The molecule has 248 valence electrons. The molecule has 4 atom stereocenters. The van der Waals surface area contributed by atoms with Crippen LogP contribution in [-0.4, -0.2) is 33.5 Å². The normalized spacial score (nSPS) is 28.3. The van der Waals surface area contributed by atoms with Crippen LogP contribution in [0.2, 0.25) is 0 Å². The third kappa shape index (κ3) is 3.86. The number of nitrogens with zero attached hydrogens (tertiary/aromatic N) is 4. The van der Waals surface area contributed by atoms with Gasteiger partial charge in [0, 0.05) is 35.1 Å². The van der Waals surface area contributed by atoms with Crippen LogP contribution < -0.4 is 9.80 Å². The van der Waals surface area contributed by atoms with Gasteiger partial charge >= 0.3 is 0 Å². The number of rotatable bonds is 6. The van der Waals surface area contributed by atoms with Crippen molar-refractivity contribution in [3.05, 3.63) is 141 Å². The van der Waals surface area contributed by atoms with Gasteiger partial charge in [-0.1, -0.05) is 86.6 Å². The van der Waals surface area contributed by atoms with Crippen LogP contribution in [-0.2, 0) is 19.2 Å². The number of hydrogen-bond donors (Lipinski definition) is 0. The number of nitro groups is 2. The van der Waals surface area contributed by atoms with E-state index in [0.29, 0.717) is 22.3 Å². The first-order valence-electron chi connectivity index (χ1n) is 16.0. The Kier molecular flexibility index (Phi) is 6.57. The van der Waals surface area contributed by atoms with Crippen LogP contribution in [0.5, 0.6) is 0 Å². The highest BCUT2D eigenvalue weighted by atomic mass is 16.6. The molecule has 4 amide bonds. The maximum absolute atomic E-state index is 14.9. The van der Waals surface area contributed by atoms with Gasteiger partial charge in [-0.2, -0.15) is 0 Å². The Morgan fingerprint density at radius 2 is 0.820 bits per heavy atom. The Morgan fingerprint density at radius 1 is 0.500 bits per heavy atom. The minimum absolute atomic E-state index is 0.0266. The molecule has 1 saturated carbocycles. The molecule has 4 unspecified atom stereocenters. The first-order valence-corrected chi connectivity index (χ1v) is 16.0. The van der Waals surface area contributed by atoms with Crippen molar-refractivity contribution in [3.8, 4) is 0 Å². The number of non-ortho nitro benzene ring substituents is 2. The summed E-state index contributed by atoms with van der Waals surface area (Å²) in [7, 11) is 0. The maximum atomic E-state index is 14.9. The molecule has 0 spiro atoms. The molecule has 5 aliphatic rings. The van der Waals surface area contributed by atoms with Crippen LogP contribution in [0.3, 0.4) is 0 Å². The molecule has 9 rings (SSSR count). The minimum atomic E-state index is -1.45. The maximum Gasteiger partial charge on any atom is 0.271 e. The van der Waals surface area contributed by atoms with Gasteiger partial charge in [0.1, 0.15) is 0 Å². The number of allylic oxidation sites excluding steroid dienone is 2. The van der Waals surface area contributed by atoms with E-state index in [4.69, 9.17) is 0 Å². The average molecular weight is 669 g/mol. The summed E-state index contributed by atoms with van der Waals surface area (Å²) in [4.78, 5) is 83.6. The van der Waals surface area contributed by atoms with Crippen molar-refractivity contribution in [1.29, 1.82) is 0 Å². The monoisotopic (exact) mass is 668 g/mol. The van der Waals surface area contributed by atoms with E-state index in [-0.39, 0.29) is 22.7 Å². The van der Waals surface area contributed by atoms with Gasteiger partial charge < -0.3 is 0 Å². The SMILES string of the molecule is CC12C(c3ccccc3)=C(c3ccccc3)C(C)(C3C(=O)N(c4cccc([N+](=O)[O-])c4)C(=O)C31)C1C(=O)N(c3cccc([N+](=O)[O-])c3)C(=O)C12. The molecular weight excluding hydrogens is 640 g/mol. The Hall–Kier alpha value is -6.30. The van der Waals surface area contributed by atoms with E-state index in [9.17, 15) is 39.4 Å². The second-order valence-corrected chi connectivity index (χ2v) is 13.5. The summed E-state index contributed by atoms with van der Waals surface area (Å²) >= 11 is 0. The number of carbonyl (C=O) groups is 4. The Bertz CT molecular complexity index is 2030. The lowest BCUT2D eigenvalue weighted by Crippen LogP contribution is -2.64. The number of imide groups is 2. The van der Waals surface area contributed by atoms with Gasteiger partial charge in [-0.15, -0.1) is 0 Å². The van der Waals surface area contributed by atoms with E-state index in [0.717, 1.165) is 9.80 Å². The van der Waals surface area contributed by atoms with Crippen molar-refractivity contribution in [3.63, 3.8) is 0 Å². The van der Waals surface area contributed by atoms with E-state index in [2.05, 4.69) is 0 Å². The van der Waals surface area contributed by atoms with Crippen LogP contribution in [0.1, 0.15) is 25.0 Å². The highest BCUT2D eigenvalue weighted by Crippen LogP contribution is 2.76. The molecule has 12 heteroatoms. The fourth-order valence-corrected chi connectivity index (χ4v) is 9.42. The molecule has 12 nitrogen and oxygen atoms in total. The van der Waals surface area contributed by atoms with Crippen molar-refractivity contribution in [2.75, 3.05) is 9.80 Å². The lowest BCUT2D eigenvalue weighted by molar-refractivity contribution is -0.385. The van der Waals surface area contributed by atoms with Gasteiger partial charge in [0.25, 0.3) is 11.4 Å². The summed E-state index contributed by atoms with van der Waals surface area (Å²) in [5.41, 5.74) is -0.745. The predicted molar refractivity (Wildman–Crippen MR) is 181 cm³/mol. The summed E-state index contributed by atoms with van der Waals surface area (Å²) < 4.78 is 0.